The molecule has 0 fully saturated rings. The van der Waals surface area contributed by atoms with Crippen LogP contribution in [0.1, 0.15) is 18.1 Å². The third-order valence-corrected chi connectivity index (χ3v) is 1.94. The Kier molecular flexibility index (Phi) is 5.10. The van der Waals surface area contributed by atoms with Gasteiger partial charge in [-0.25, -0.2) is 0 Å². The predicted molar refractivity (Wildman–Crippen MR) is 66.2 cm³/mol. The molecule has 16 heavy (non-hydrogen) atoms. The lowest BCUT2D eigenvalue weighted by Gasteiger charge is -1.94. The highest BCUT2D eigenvalue weighted by Gasteiger charge is 1.86. The maximum atomic E-state index is 5.35. The summed E-state index contributed by atoms with van der Waals surface area (Å²) < 4.78 is 0. The van der Waals surface area contributed by atoms with Crippen LogP contribution in [0, 0.1) is 18.8 Å². The summed E-state index contributed by atoms with van der Waals surface area (Å²) in [7, 11) is 0. The molecular formula is C13H16N2O. The molecule has 0 saturated carbocycles. The van der Waals surface area contributed by atoms with Crippen LogP contribution in [0.5, 0.6) is 0 Å². The second-order valence-electron chi connectivity index (χ2n) is 3.47. The molecule has 2 N–H and O–H groups in total. The fraction of sp³-hybridized carbons (Fsp3) is 0.308. The Morgan fingerprint density at radius 3 is 2.69 bits per heavy atom. The molecule has 0 bridgehead atoms. The van der Waals surface area contributed by atoms with Gasteiger partial charge in [-0.3, -0.25) is 0 Å². The normalized spacial score (nSPS) is 10.6. The minimum absolute atomic E-state index is 0.283. The van der Waals surface area contributed by atoms with Gasteiger partial charge < -0.3 is 10.6 Å². The highest BCUT2D eigenvalue weighted by molar-refractivity contribution is 5.83. The fourth-order valence-corrected chi connectivity index (χ4v) is 0.987. The second-order valence-corrected chi connectivity index (χ2v) is 3.47. The first-order valence-electron chi connectivity index (χ1n) is 5.13. The monoisotopic (exact) mass is 216 g/mol. The quantitative estimate of drug-likeness (QED) is 0.362. The molecule has 1 aromatic rings. The number of nitrogens with zero attached hydrogens (tertiary/aromatic N) is 1. The number of nitrogens with two attached hydrogens (primary N) is 1. The van der Waals surface area contributed by atoms with Gasteiger partial charge >= 0.3 is 0 Å². The van der Waals surface area contributed by atoms with E-state index >= 15 is 0 Å². The summed E-state index contributed by atoms with van der Waals surface area (Å²) in [5.74, 6) is 5.87. The van der Waals surface area contributed by atoms with E-state index in [1.807, 2.05) is 38.1 Å². The van der Waals surface area contributed by atoms with Crippen molar-refractivity contribution in [1.82, 2.24) is 0 Å². The Hall–Kier alpha value is -1.79. The topological polar surface area (TPSA) is 47.6 Å². The van der Waals surface area contributed by atoms with E-state index in [4.69, 9.17) is 10.6 Å². The molecular weight excluding hydrogens is 200 g/mol. The van der Waals surface area contributed by atoms with Gasteiger partial charge in [0.2, 0.25) is 0 Å². The molecule has 0 radical (unpaired) electrons. The largest absolute Gasteiger partial charge is 0.383 e. The smallest absolute Gasteiger partial charge is 0.177 e. The van der Waals surface area contributed by atoms with Gasteiger partial charge in [-0.05, 0) is 26.0 Å². The van der Waals surface area contributed by atoms with E-state index in [1.54, 1.807) is 0 Å². The average molecular weight is 216 g/mol. The molecule has 0 spiro atoms. The van der Waals surface area contributed by atoms with Crippen LogP contribution in [0.15, 0.2) is 29.4 Å². The lowest BCUT2D eigenvalue weighted by atomic mass is 10.2. The van der Waals surface area contributed by atoms with Crippen molar-refractivity contribution in [3.63, 3.8) is 0 Å². The van der Waals surface area contributed by atoms with E-state index in [9.17, 15) is 0 Å². The number of oxime groups is 1. The van der Waals surface area contributed by atoms with Crippen molar-refractivity contribution in [3.05, 3.63) is 35.4 Å². The average Bonchev–Trinajstić information content (AvgIpc) is 2.31. The zero-order valence-electron chi connectivity index (χ0n) is 9.66. The van der Waals surface area contributed by atoms with Crippen molar-refractivity contribution in [2.45, 2.75) is 13.8 Å². The van der Waals surface area contributed by atoms with Crippen molar-refractivity contribution in [2.75, 3.05) is 13.2 Å². The number of hydrogen-bond acceptors (Lipinski definition) is 3. The summed E-state index contributed by atoms with van der Waals surface area (Å²) in [6, 6.07) is 8.02. The van der Waals surface area contributed by atoms with Crippen molar-refractivity contribution in [1.29, 1.82) is 0 Å². The summed E-state index contributed by atoms with van der Waals surface area (Å²) in [4.78, 5) is 4.97. The van der Waals surface area contributed by atoms with Gasteiger partial charge in [0, 0.05) is 12.1 Å². The van der Waals surface area contributed by atoms with E-state index in [0.29, 0.717) is 6.54 Å². The molecule has 0 aliphatic heterocycles. The van der Waals surface area contributed by atoms with Gasteiger partial charge in [0.25, 0.3) is 0 Å². The first-order chi connectivity index (χ1) is 7.72. The molecule has 0 unspecified atom stereocenters. The van der Waals surface area contributed by atoms with Crippen LogP contribution >= 0.6 is 0 Å². The lowest BCUT2D eigenvalue weighted by Crippen LogP contribution is -2.09. The maximum Gasteiger partial charge on any atom is 0.177 e. The van der Waals surface area contributed by atoms with Crippen molar-refractivity contribution < 1.29 is 4.84 Å². The third-order valence-electron chi connectivity index (χ3n) is 1.94. The summed E-state index contributed by atoms with van der Waals surface area (Å²) in [5.41, 5.74) is 8.31. The van der Waals surface area contributed by atoms with Crippen LogP contribution in [0.25, 0.3) is 0 Å². The molecule has 1 rings (SSSR count). The molecule has 1 aromatic carbocycles. The molecule has 3 nitrogen and oxygen atoms in total. The molecule has 0 saturated heterocycles. The minimum atomic E-state index is 0.283. The second kappa shape index (κ2) is 6.65. The minimum Gasteiger partial charge on any atom is -0.383 e. The third kappa shape index (κ3) is 4.63. The van der Waals surface area contributed by atoms with Crippen LogP contribution in [0.4, 0.5) is 0 Å². The Morgan fingerprint density at radius 1 is 1.38 bits per heavy atom. The van der Waals surface area contributed by atoms with Gasteiger partial charge in [-0.15, -0.1) is 0 Å². The van der Waals surface area contributed by atoms with Gasteiger partial charge in [0.15, 0.2) is 6.61 Å². The maximum absolute atomic E-state index is 5.35. The van der Waals surface area contributed by atoms with Gasteiger partial charge in [-0.2, -0.15) is 0 Å². The van der Waals surface area contributed by atoms with E-state index in [1.165, 1.54) is 5.56 Å². The zero-order chi connectivity index (χ0) is 11.8. The summed E-state index contributed by atoms with van der Waals surface area (Å²) in [6.45, 7) is 4.55. The molecule has 0 aliphatic rings. The Bertz CT molecular complexity index is 410. The number of benzene rings is 1. The van der Waals surface area contributed by atoms with E-state index in [2.05, 4.69) is 17.0 Å². The summed E-state index contributed by atoms with van der Waals surface area (Å²) in [5, 5.41) is 3.78. The van der Waals surface area contributed by atoms with Gasteiger partial charge in [0.05, 0.1) is 5.71 Å². The Morgan fingerprint density at radius 2 is 2.06 bits per heavy atom. The van der Waals surface area contributed by atoms with Crippen molar-refractivity contribution in [3.8, 4) is 11.8 Å². The standard InChI is InChI=1S/C13H16N2O/c1-11-5-7-13(8-6-11)4-3-9-16-15-12(2)10-14/h5-8H,9-10,14H2,1-2H3. The van der Waals surface area contributed by atoms with Crippen LogP contribution in [0.3, 0.4) is 0 Å². The number of aryl methyl sites for hydroxylation is 1. The molecule has 0 atom stereocenters. The molecule has 0 heterocycles. The first-order valence-corrected chi connectivity index (χ1v) is 5.13. The summed E-state index contributed by atoms with van der Waals surface area (Å²) >= 11 is 0. The van der Waals surface area contributed by atoms with E-state index in [-0.39, 0.29) is 6.61 Å². The van der Waals surface area contributed by atoms with Crippen LogP contribution in [-0.4, -0.2) is 18.9 Å². The zero-order valence-corrected chi connectivity index (χ0v) is 9.66. The molecule has 0 amide bonds. The fourth-order valence-electron chi connectivity index (χ4n) is 0.987. The highest BCUT2D eigenvalue weighted by Crippen LogP contribution is 2.00. The molecule has 0 aromatic heterocycles. The van der Waals surface area contributed by atoms with E-state index in [0.717, 1.165) is 11.3 Å². The Labute approximate surface area is 96.3 Å². The van der Waals surface area contributed by atoms with Crippen molar-refractivity contribution in [2.24, 2.45) is 10.9 Å². The van der Waals surface area contributed by atoms with E-state index < -0.39 is 0 Å². The highest BCUT2D eigenvalue weighted by atomic mass is 16.6. The van der Waals surface area contributed by atoms with Crippen LogP contribution in [0.2, 0.25) is 0 Å². The predicted octanol–water partition coefficient (Wildman–Crippen LogP) is 1.70. The molecule has 3 heteroatoms. The molecule has 84 valence electrons. The van der Waals surface area contributed by atoms with Gasteiger partial charge in [0.1, 0.15) is 0 Å². The number of rotatable bonds is 3. The van der Waals surface area contributed by atoms with Crippen LogP contribution < -0.4 is 5.73 Å². The summed E-state index contributed by atoms with van der Waals surface area (Å²) in [6.07, 6.45) is 0. The van der Waals surface area contributed by atoms with Gasteiger partial charge in [-0.1, -0.05) is 34.7 Å². The first kappa shape index (κ1) is 12.3. The molecule has 0 aliphatic carbocycles. The van der Waals surface area contributed by atoms with Crippen molar-refractivity contribution >= 4 is 5.71 Å². The SMILES string of the molecule is CC(CN)=NOCC#Cc1ccc(C)cc1. The lowest BCUT2D eigenvalue weighted by molar-refractivity contribution is 0.179. The Balaban J connectivity index is 2.41. The van der Waals surface area contributed by atoms with Crippen LogP contribution in [-0.2, 0) is 4.84 Å². The number of hydrogen-bond donors (Lipinski definition) is 1.